The van der Waals surface area contributed by atoms with Crippen molar-refractivity contribution in [2.45, 2.75) is 219 Å². The van der Waals surface area contributed by atoms with Gasteiger partial charge < -0.3 is 30.7 Å². The molecule has 2 amide bonds. The van der Waals surface area contributed by atoms with Gasteiger partial charge in [0.1, 0.15) is 18.6 Å². The highest BCUT2D eigenvalue weighted by Crippen LogP contribution is 2.49. The van der Waals surface area contributed by atoms with Gasteiger partial charge in [0.2, 0.25) is 5.91 Å². The molecule has 22 heteroatoms. The lowest BCUT2D eigenvalue weighted by Gasteiger charge is -2.37. The van der Waals surface area contributed by atoms with Gasteiger partial charge in [0.05, 0.1) is 47.7 Å². The van der Waals surface area contributed by atoms with Crippen LogP contribution in [-0.4, -0.2) is 137 Å². The van der Waals surface area contributed by atoms with E-state index in [1.807, 2.05) is 60.1 Å². The van der Waals surface area contributed by atoms with Gasteiger partial charge in [-0.25, -0.2) is 10.4 Å². The van der Waals surface area contributed by atoms with Gasteiger partial charge in [0.15, 0.2) is 11.6 Å². The van der Waals surface area contributed by atoms with Gasteiger partial charge in [-0.2, -0.15) is 0 Å². The molecular weight excluding hydrogens is 1020 g/mol. The third kappa shape index (κ3) is 23.8. The van der Waals surface area contributed by atoms with E-state index in [-0.39, 0.29) is 66.3 Å². The number of hydrazine groups is 1. The minimum absolute atomic E-state index is 0.00323. The van der Waals surface area contributed by atoms with E-state index in [1.54, 1.807) is 45.6 Å². The first-order chi connectivity index (χ1) is 34.0. The summed E-state index contributed by atoms with van der Waals surface area (Å²) in [7, 11) is 12.5. The largest absolute Gasteiger partial charge is 0.481 e. The molecule has 71 heavy (non-hydrogen) atoms. The fraction of sp³-hybridized carbons (Fsp3) is 0.796. The summed E-state index contributed by atoms with van der Waals surface area (Å²) < 4.78 is 0. The normalized spacial score (nSPS) is 23.8. The Kier molecular flexibility index (Phi) is 31.8. The zero-order chi connectivity index (χ0) is 52.3. The van der Waals surface area contributed by atoms with Crippen LogP contribution < -0.4 is 27.1 Å². The number of Topliss-reactive ketones (excluding diaryl/α,β-unsaturated/α-hetero) is 2. The van der Waals surface area contributed by atoms with Crippen molar-refractivity contribution in [3.8, 4) is 0 Å². The molecule has 11 atom stereocenters. The quantitative estimate of drug-likeness (QED) is 0.0161. The number of aliphatic carboxylic acids is 1. The molecule has 404 valence electrons. The number of fused-ring (bicyclic) bond motifs is 14. The summed E-state index contributed by atoms with van der Waals surface area (Å²) in [6, 6.07) is -4.41. The number of hydrogen-bond donors (Lipinski definition) is 7. The number of primary amides is 1. The molecule has 0 radical (unpaired) electrons. The summed E-state index contributed by atoms with van der Waals surface area (Å²) >= 11 is 0. The molecule has 0 saturated carbocycles. The summed E-state index contributed by atoms with van der Waals surface area (Å²) in [5.41, 5.74) is 9.45. The highest BCUT2D eigenvalue weighted by molar-refractivity contribution is 8.79. The Hall–Kier alpha value is -1.76. The number of nitrogens with two attached hydrogens (primary N) is 1. The monoisotopic (exact) mass is 1100 g/mol. The number of nitrogens with zero attached hydrogens (tertiary/aromatic N) is 2. The molecule has 3 saturated heterocycles. The van der Waals surface area contributed by atoms with Crippen LogP contribution in [0.2, 0.25) is 0 Å². The van der Waals surface area contributed by atoms with Gasteiger partial charge >= 0.3 is 5.97 Å². The van der Waals surface area contributed by atoms with E-state index in [2.05, 4.69) is 45.2 Å². The second-order valence-electron chi connectivity index (χ2n) is 19.5. The molecular formula is C49H84N8O8S6. The van der Waals surface area contributed by atoms with Crippen LogP contribution in [0.5, 0.6) is 0 Å². The number of H-pyrrole nitrogens is 1. The van der Waals surface area contributed by atoms with Crippen LogP contribution in [0.25, 0.3) is 0 Å². The van der Waals surface area contributed by atoms with Gasteiger partial charge in [0, 0.05) is 52.2 Å². The van der Waals surface area contributed by atoms with E-state index in [9.17, 15) is 29.1 Å². The van der Waals surface area contributed by atoms with Crippen molar-refractivity contribution in [2.75, 3.05) is 13.6 Å². The molecule has 3 aliphatic rings. The first-order valence-corrected chi connectivity index (χ1v) is 32.5. The van der Waals surface area contributed by atoms with Crippen molar-refractivity contribution >= 4 is 107 Å². The third-order valence-electron chi connectivity index (χ3n) is 12.8. The fourth-order valence-corrected chi connectivity index (χ4v) is 19.6. The molecule has 1 aromatic heterocycles. The first kappa shape index (κ1) is 63.5. The van der Waals surface area contributed by atoms with Crippen molar-refractivity contribution < 1.29 is 38.7 Å². The van der Waals surface area contributed by atoms with E-state index in [1.165, 1.54) is 11.3 Å². The van der Waals surface area contributed by atoms with Crippen LogP contribution in [0.1, 0.15) is 156 Å². The second kappa shape index (κ2) is 35.5. The number of carbonyl (C=O) groups is 7. The average Bonchev–Trinajstić information content (AvgIpc) is 3.84. The minimum atomic E-state index is -1.18. The summed E-state index contributed by atoms with van der Waals surface area (Å²) in [6.07, 6.45) is 16.7. The Balaban J connectivity index is 2.11. The van der Waals surface area contributed by atoms with Crippen LogP contribution in [0, 0.1) is 11.8 Å². The molecule has 8 N–H and O–H groups in total. The highest BCUT2D eigenvalue weighted by atomic mass is 33.1. The first-order valence-electron chi connectivity index (χ1n) is 25.7. The summed E-state index contributed by atoms with van der Waals surface area (Å²) in [5, 5.41) is 21.2. The minimum Gasteiger partial charge on any atom is -0.481 e. The number of nitrogens with one attached hydrogen (secondary N) is 5. The molecule has 2 bridgehead atoms. The van der Waals surface area contributed by atoms with E-state index < -0.39 is 53.2 Å². The van der Waals surface area contributed by atoms with Crippen molar-refractivity contribution in [1.29, 1.82) is 0 Å². The molecule has 0 spiro atoms. The maximum absolute atomic E-state index is 15.6. The van der Waals surface area contributed by atoms with Crippen molar-refractivity contribution in [3.05, 3.63) is 18.2 Å². The molecule has 16 nitrogen and oxygen atoms in total. The molecule has 1 aromatic rings. The zero-order valence-corrected chi connectivity index (χ0v) is 47.9. The number of amides is 2. The molecule has 3 fully saturated rings. The number of hydrogen-bond acceptors (Lipinski definition) is 18. The number of ketones is 2. The van der Waals surface area contributed by atoms with E-state index in [0.717, 1.165) is 83.3 Å². The van der Waals surface area contributed by atoms with Crippen molar-refractivity contribution in [3.63, 3.8) is 0 Å². The summed E-state index contributed by atoms with van der Waals surface area (Å²) in [4.78, 5) is 100. The van der Waals surface area contributed by atoms with Gasteiger partial charge in [-0.1, -0.05) is 138 Å². The van der Waals surface area contributed by atoms with Crippen molar-refractivity contribution in [2.24, 2.45) is 17.6 Å². The zero-order valence-electron chi connectivity index (χ0n) is 43.0. The summed E-state index contributed by atoms with van der Waals surface area (Å²) in [6.45, 7) is 12.0. The molecule has 6 unspecified atom stereocenters. The third-order valence-corrected chi connectivity index (χ3v) is 23.3. The molecule has 0 aliphatic carbocycles. The second-order valence-corrected chi connectivity index (χ2v) is 27.8. The number of aromatic amines is 1. The molecule has 3 aliphatic heterocycles. The Labute approximate surface area is 447 Å². The Bertz CT molecular complexity index is 1750. The van der Waals surface area contributed by atoms with Crippen LogP contribution in [0.15, 0.2) is 12.5 Å². The smallest absolute Gasteiger partial charge is 0.303 e. The number of rotatable bonds is 31. The highest BCUT2D eigenvalue weighted by Gasteiger charge is 2.38. The number of imidazole rings is 1. The predicted octanol–water partition coefficient (Wildman–Crippen LogP) is 7.96. The lowest BCUT2D eigenvalue weighted by Crippen LogP contribution is -2.62. The Morgan fingerprint density at radius 3 is 2.31 bits per heavy atom. The van der Waals surface area contributed by atoms with Gasteiger partial charge in [-0.15, -0.1) is 0 Å². The number of carboxylic acids is 1. The number of carbonyl (C=O) groups excluding carboxylic acids is 6. The fourth-order valence-electron chi connectivity index (χ4n) is 8.81. The lowest BCUT2D eigenvalue weighted by atomic mass is 9.96. The average molecular weight is 1110 g/mol. The molecule has 4 heterocycles. The van der Waals surface area contributed by atoms with Crippen molar-refractivity contribution in [1.82, 2.24) is 36.4 Å². The summed E-state index contributed by atoms with van der Waals surface area (Å²) in [5.74, 6) is -2.63. The maximum Gasteiger partial charge on any atom is 0.303 e. The Morgan fingerprint density at radius 1 is 0.915 bits per heavy atom. The van der Waals surface area contributed by atoms with Gasteiger partial charge in [-0.3, -0.25) is 39.6 Å². The maximum atomic E-state index is 15.6. The SMILES string of the molecule is CCCCCCC1CCC(C(=O)[C@H](CC(C)C)NN(C(=O)[C@H](CCC(=O)O)NCC(=O)[C@@H](NC)C(C)C)[C@H](C=O)Cc2cnc[nH]2)SSC2CCCC(CCC(N[C@@H](C=O)CC(N)=O)SS1)SSC2CC. The van der Waals surface area contributed by atoms with Crippen LogP contribution in [0.3, 0.4) is 0 Å². The molecule has 4 rings (SSSR count). The number of carboxylic acid groups (broad SMARTS) is 1. The van der Waals surface area contributed by atoms with Gasteiger partial charge in [-0.05, 0) is 83.1 Å². The number of aldehydes is 2. The van der Waals surface area contributed by atoms with Crippen LogP contribution in [0.4, 0.5) is 0 Å². The Morgan fingerprint density at radius 2 is 1.69 bits per heavy atom. The van der Waals surface area contributed by atoms with Crippen LogP contribution in [-0.2, 0) is 40.0 Å². The number of aromatic nitrogens is 2. The van der Waals surface area contributed by atoms with Gasteiger partial charge in [0.25, 0.3) is 5.91 Å². The van der Waals surface area contributed by atoms with E-state index in [0.29, 0.717) is 40.6 Å². The van der Waals surface area contributed by atoms with E-state index >= 15 is 9.59 Å². The predicted molar refractivity (Wildman–Crippen MR) is 298 cm³/mol. The standard InChI is InChI=1S/C49H84N8O8S6/c1-8-10-11-12-14-36-17-20-43(70-69-42-16-13-15-37(66-68-41(42)9-2)18-21-45(71-67-36)55-34(28-58)25-44(50)61)48(64)39(23-31(3)4)56-57(35(29-59)24-33-26-52-30-54-33)49(65)38(19-22-46(62)63)53-27-40(60)47(51-7)32(5)6/h26,28-32,34-39,41-43,45,47,51,53,55-56H,8-25,27H2,1-7H3,(H2,50,61)(H,52,54)(H,62,63)/t34-,35+,36?,37?,38+,39+,41?,42?,43?,45?,47+/m1/s1. The number of likely N-dealkylation sites (N-methyl/N-ethyl adjacent to an activating group) is 1. The lowest BCUT2D eigenvalue weighted by molar-refractivity contribution is -0.145. The topological polar surface area (TPSA) is 246 Å². The molecule has 0 aromatic carbocycles. The van der Waals surface area contributed by atoms with E-state index in [4.69, 9.17) is 5.73 Å². The van der Waals surface area contributed by atoms with Crippen LogP contribution >= 0.6 is 64.8 Å². The number of unbranched alkanes of at least 4 members (excludes halogenated alkanes) is 3.